The second kappa shape index (κ2) is 5.29. The SMILES string of the molecule is CC(NCCC(C)(C)O)c1ccccc1. The van der Waals surface area contributed by atoms with Crippen molar-refractivity contribution in [2.75, 3.05) is 6.54 Å². The lowest BCUT2D eigenvalue weighted by Gasteiger charge is -2.20. The number of aliphatic hydroxyl groups is 1. The summed E-state index contributed by atoms with van der Waals surface area (Å²) in [7, 11) is 0. The average molecular weight is 207 g/mol. The molecule has 0 aliphatic rings. The first-order chi connectivity index (χ1) is 6.99. The molecule has 0 aliphatic heterocycles. The molecule has 0 aliphatic carbocycles. The minimum absolute atomic E-state index is 0.341. The highest BCUT2D eigenvalue weighted by molar-refractivity contribution is 5.17. The van der Waals surface area contributed by atoms with Crippen LogP contribution in [0.2, 0.25) is 0 Å². The zero-order valence-corrected chi connectivity index (χ0v) is 9.83. The molecule has 2 heteroatoms. The van der Waals surface area contributed by atoms with E-state index in [1.165, 1.54) is 5.56 Å². The summed E-state index contributed by atoms with van der Waals surface area (Å²) >= 11 is 0. The van der Waals surface area contributed by atoms with Gasteiger partial charge in [-0.2, -0.15) is 0 Å². The third-order valence-corrected chi connectivity index (χ3v) is 2.49. The molecule has 1 atom stereocenters. The Bertz CT molecular complexity index is 276. The highest BCUT2D eigenvalue weighted by Crippen LogP contribution is 2.12. The van der Waals surface area contributed by atoms with Gasteiger partial charge in [-0.05, 0) is 39.3 Å². The molecule has 2 nitrogen and oxygen atoms in total. The van der Waals surface area contributed by atoms with E-state index in [1.54, 1.807) is 0 Å². The molecule has 0 heterocycles. The van der Waals surface area contributed by atoms with Crippen molar-refractivity contribution in [2.45, 2.75) is 38.8 Å². The maximum absolute atomic E-state index is 9.56. The van der Waals surface area contributed by atoms with Crippen molar-refractivity contribution < 1.29 is 5.11 Å². The van der Waals surface area contributed by atoms with E-state index in [0.29, 0.717) is 6.04 Å². The van der Waals surface area contributed by atoms with Gasteiger partial charge < -0.3 is 10.4 Å². The molecule has 84 valence electrons. The smallest absolute Gasteiger partial charge is 0.0603 e. The first-order valence-corrected chi connectivity index (χ1v) is 5.50. The van der Waals surface area contributed by atoms with E-state index >= 15 is 0 Å². The van der Waals surface area contributed by atoms with Crippen LogP contribution >= 0.6 is 0 Å². The van der Waals surface area contributed by atoms with Crippen LogP contribution in [0.5, 0.6) is 0 Å². The van der Waals surface area contributed by atoms with Crippen LogP contribution in [0.4, 0.5) is 0 Å². The van der Waals surface area contributed by atoms with Gasteiger partial charge in [-0.3, -0.25) is 0 Å². The van der Waals surface area contributed by atoms with Gasteiger partial charge in [0.25, 0.3) is 0 Å². The summed E-state index contributed by atoms with van der Waals surface area (Å²) in [5.41, 5.74) is 0.705. The summed E-state index contributed by atoms with van der Waals surface area (Å²) in [6.07, 6.45) is 0.768. The van der Waals surface area contributed by atoms with Crippen LogP contribution in [-0.4, -0.2) is 17.3 Å². The predicted molar refractivity (Wildman–Crippen MR) is 63.8 cm³/mol. The highest BCUT2D eigenvalue weighted by atomic mass is 16.3. The van der Waals surface area contributed by atoms with Gasteiger partial charge in [-0.25, -0.2) is 0 Å². The van der Waals surface area contributed by atoms with Crippen LogP contribution < -0.4 is 5.32 Å². The zero-order valence-electron chi connectivity index (χ0n) is 9.83. The Kier molecular flexibility index (Phi) is 4.30. The monoisotopic (exact) mass is 207 g/mol. The Balaban J connectivity index is 2.34. The fraction of sp³-hybridized carbons (Fsp3) is 0.538. The second-order valence-corrected chi connectivity index (χ2v) is 4.65. The molecule has 0 bridgehead atoms. The summed E-state index contributed by atoms with van der Waals surface area (Å²) in [4.78, 5) is 0. The van der Waals surface area contributed by atoms with Gasteiger partial charge in [-0.1, -0.05) is 30.3 Å². The topological polar surface area (TPSA) is 32.3 Å². The minimum atomic E-state index is -0.580. The molecular weight excluding hydrogens is 186 g/mol. The standard InChI is InChI=1S/C13H21NO/c1-11(12-7-5-4-6-8-12)14-10-9-13(2,3)15/h4-8,11,14-15H,9-10H2,1-3H3. The molecule has 1 rings (SSSR count). The Hall–Kier alpha value is -0.860. The number of benzene rings is 1. The Labute approximate surface area is 92.3 Å². The van der Waals surface area contributed by atoms with Gasteiger partial charge >= 0.3 is 0 Å². The first-order valence-electron chi connectivity index (χ1n) is 5.50. The fourth-order valence-corrected chi connectivity index (χ4v) is 1.45. The molecule has 0 radical (unpaired) electrons. The van der Waals surface area contributed by atoms with Gasteiger partial charge in [0.05, 0.1) is 5.60 Å². The normalized spacial score (nSPS) is 13.9. The number of hydrogen-bond donors (Lipinski definition) is 2. The van der Waals surface area contributed by atoms with Crippen LogP contribution in [0.15, 0.2) is 30.3 Å². The van der Waals surface area contributed by atoms with Crippen molar-refractivity contribution in [3.05, 3.63) is 35.9 Å². The summed E-state index contributed by atoms with van der Waals surface area (Å²) in [5.74, 6) is 0. The average Bonchev–Trinajstić information content (AvgIpc) is 2.17. The van der Waals surface area contributed by atoms with E-state index in [9.17, 15) is 5.11 Å². The molecule has 0 saturated carbocycles. The molecular formula is C13H21NO. The summed E-state index contributed by atoms with van der Waals surface area (Å²) in [6.45, 7) is 6.64. The third kappa shape index (κ3) is 4.96. The van der Waals surface area contributed by atoms with Gasteiger partial charge in [0.1, 0.15) is 0 Å². The van der Waals surface area contributed by atoms with Crippen molar-refractivity contribution in [1.82, 2.24) is 5.32 Å². The predicted octanol–water partition coefficient (Wildman–Crippen LogP) is 2.50. The van der Waals surface area contributed by atoms with E-state index in [0.717, 1.165) is 13.0 Å². The summed E-state index contributed by atoms with van der Waals surface area (Å²) in [5, 5.41) is 13.0. The molecule has 15 heavy (non-hydrogen) atoms. The number of hydrogen-bond acceptors (Lipinski definition) is 2. The van der Waals surface area contributed by atoms with Crippen molar-refractivity contribution in [1.29, 1.82) is 0 Å². The van der Waals surface area contributed by atoms with Crippen LogP contribution in [-0.2, 0) is 0 Å². The zero-order chi connectivity index (χ0) is 11.3. The van der Waals surface area contributed by atoms with Crippen LogP contribution in [0.1, 0.15) is 38.8 Å². The van der Waals surface area contributed by atoms with E-state index < -0.39 is 5.60 Å². The lowest BCUT2D eigenvalue weighted by atomic mass is 10.0. The van der Waals surface area contributed by atoms with Crippen molar-refractivity contribution >= 4 is 0 Å². The van der Waals surface area contributed by atoms with Gasteiger partial charge in [0.2, 0.25) is 0 Å². The van der Waals surface area contributed by atoms with E-state index in [1.807, 2.05) is 32.0 Å². The molecule has 1 unspecified atom stereocenters. The van der Waals surface area contributed by atoms with Crippen molar-refractivity contribution in [3.8, 4) is 0 Å². The molecule has 1 aromatic carbocycles. The van der Waals surface area contributed by atoms with Crippen molar-refractivity contribution in [3.63, 3.8) is 0 Å². The highest BCUT2D eigenvalue weighted by Gasteiger charge is 2.12. The molecule has 1 aromatic rings. The Morgan fingerprint density at radius 3 is 2.40 bits per heavy atom. The largest absolute Gasteiger partial charge is 0.390 e. The summed E-state index contributed by atoms with van der Waals surface area (Å²) in [6, 6.07) is 10.7. The van der Waals surface area contributed by atoms with Crippen LogP contribution in [0.25, 0.3) is 0 Å². The van der Waals surface area contributed by atoms with E-state index in [4.69, 9.17) is 0 Å². The Morgan fingerprint density at radius 2 is 1.87 bits per heavy atom. The number of rotatable bonds is 5. The fourth-order valence-electron chi connectivity index (χ4n) is 1.45. The maximum Gasteiger partial charge on any atom is 0.0603 e. The molecule has 2 N–H and O–H groups in total. The van der Waals surface area contributed by atoms with Crippen LogP contribution in [0, 0.1) is 0 Å². The van der Waals surface area contributed by atoms with E-state index in [-0.39, 0.29) is 0 Å². The van der Waals surface area contributed by atoms with E-state index in [2.05, 4.69) is 24.4 Å². The molecule has 0 amide bonds. The second-order valence-electron chi connectivity index (χ2n) is 4.65. The quantitative estimate of drug-likeness (QED) is 0.777. The molecule has 0 aromatic heterocycles. The molecule has 0 fully saturated rings. The number of nitrogens with one attached hydrogen (secondary N) is 1. The van der Waals surface area contributed by atoms with Gasteiger partial charge in [0, 0.05) is 6.04 Å². The van der Waals surface area contributed by atoms with Crippen LogP contribution in [0.3, 0.4) is 0 Å². The maximum atomic E-state index is 9.56. The first kappa shape index (κ1) is 12.2. The molecule has 0 saturated heterocycles. The molecule has 0 spiro atoms. The lowest BCUT2D eigenvalue weighted by molar-refractivity contribution is 0.0705. The Morgan fingerprint density at radius 1 is 1.27 bits per heavy atom. The van der Waals surface area contributed by atoms with Crippen molar-refractivity contribution in [2.24, 2.45) is 0 Å². The third-order valence-electron chi connectivity index (χ3n) is 2.49. The van der Waals surface area contributed by atoms with Gasteiger partial charge in [-0.15, -0.1) is 0 Å². The summed E-state index contributed by atoms with van der Waals surface area (Å²) < 4.78 is 0. The van der Waals surface area contributed by atoms with Gasteiger partial charge in [0.15, 0.2) is 0 Å². The lowest BCUT2D eigenvalue weighted by Crippen LogP contribution is -2.28. The minimum Gasteiger partial charge on any atom is -0.390 e.